The number of nitrogens with one attached hydrogen (secondary N) is 2. The molecule has 1 fully saturated rings. The maximum atomic E-state index is 12.4. The summed E-state index contributed by atoms with van der Waals surface area (Å²) in [4.78, 5) is 29.4. The number of amidine groups is 1. The molecule has 0 saturated heterocycles. The summed E-state index contributed by atoms with van der Waals surface area (Å²) < 4.78 is 0. The number of amides is 1. The molecule has 2 aliphatic rings. The van der Waals surface area contributed by atoms with Crippen LogP contribution in [-0.2, 0) is 4.79 Å². The third-order valence-corrected chi connectivity index (χ3v) is 6.58. The molecule has 1 aromatic heterocycles. The summed E-state index contributed by atoms with van der Waals surface area (Å²) >= 11 is 1.50. The van der Waals surface area contributed by atoms with Crippen LogP contribution in [0.5, 0.6) is 0 Å². The third-order valence-electron chi connectivity index (χ3n) is 5.71. The summed E-state index contributed by atoms with van der Waals surface area (Å²) in [5.41, 5.74) is 3.03. The lowest BCUT2D eigenvalue weighted by atomic mass is 10.1. The van der Waals surface area contributed by atoms with Crippen LogP contribution in [0.2, 0.25) is 0 Å². The van der Waals surface area contributed by atoms with Crippen molar-refractivity contribution in [2.75, 3.05) is 36.2 Å². The first-order chi connectivity index (χ1) is 15.4. The number of nitrogens with zero attached hydrogens (tertiary/aromatic N) is 4. The van der Waals surface area contributed by atoms with Crippen molar-refractivity contribution in [3.05, 3.63) is 41.5 Å². The number of carbonyl (C=O) groups is 1. The molecule has 0 spiro atoms. The molecule has 1 aliphatic heterocycles. The number of hydrogen-bond acceptors (Lipinski definition) is 7. The Morgan fingerprint density at radius 2 is 1.81 bits per heavy atom. The predicted octanol–water partition coefficient (Wildman–Crippen LogP) is 4.90. The molecule has 0 unspecified atom stereocenters. The van der Waals surface area contributed by atoms with E-state index in [1.807, 2.05) is 56.3 Å². The van der Waals surface area contributed by atoms with Gasteiger partial charge in [0.15, 0.2) is 5.16 Å². The first-order valence-corrected chi connectivity index (χ1v) is 11.8. The van der Waals surface area contributed by atoms with Gasteiger partial charge in [0.1, 0.15) is 17.5 Å². The highest BCUT2D eigenvalue weighted by atomic mass is 32.2. The lowest BCUT2D eigenvalue weighted by Crippen LogP contribution is -2.20. The number of aromatic nitrogens is 2. The summed E-state index contributed by atoms with van der Waals surface area (Å²) in [6, 6.07) is 7.87. The van der Waals surface area contributed by atoms with Crippen LogP contribution in [0.4, 0.5) is 17.3 Å². The molecule has 7 nitrogen and oxygen atoms in total. The molecule has 2 aromatic rings. The van der Waals surface area contributed by atoms with Gasteiger partial charge in [0.05, 0.1) is 6.54 Å². The van der Waals surface area contributed by atoms with E-state index in [0.717, 1.165) is 65.8 Å². The molecule has 0 radical (unpaired) electrons. The Bertz CT molecular complexity index is 1050. The van der Waals surface area contributed by atoms with Crippen molar-refractivity contribution in [3.8, 4) is 0 Å². The molecule has 0 atom stereocenters. The molecule has 8 heteroatoms. The van der Waals surface area contributed by atoms with Gasteiger partial charge in [-0.05, 0) is 74.4 Å². The first-order valence-electron chi connectivity index (χ1n) is 11.0. The highest BCUT2D eigenvalue weighted by Crippen LogP contribution is 2.32. The highest BCUT2D eigenvalue weighted by Gasteiger charge is 2.22. The molecule has 2 heterocycles. The highest BCUT2D eigenvalue weighted by molar-refractivity contribution is 7.99. The van der Waals surface area contributed by atoms with E-state index in [-0.39, 0.29) is 11.8 Å². The topological polar surface area (TPSA) is 82.5 Å². The van der Waals surface area contributed by atoms with Gasteiger partial charge in [-0.15, -0.1) is 0 Å². The van der Waals surface area contributed by atoms with Crippen LogP contribution >= 0.6 is 11.8 Å². The van der Waals surface area contributed by atoms with Gasteiger partial charge >= 0.3 is 0 Å². The summed E-state index contributed by atoms with van der Waals surface area (Å²) in [5, 5.41) is 7.05. The monoisotopic (exact) mass is 450 g/mol. The number of aliphatic imine (C=N–C) groups is 1. The standard InChI is InChI=1S/C24H30N6OS/c1-15-13-20(25-14-15)27-21-16(2)22(30(3)4)29-24(28-21)32-19-11-9-18(10-12-19)26-23(31)17-7-5-6-8-17/h9-13,17H,5-8,14H2,1-4H3,(H,26,31)(H,25,27,28,29). The molecule has 168 valence electrons. The summed E-state index contributed by atoms with van der Waals surface area (Å²) in [6.07, 6.45) is 6.34. The Hall–Kier alpha value is -2.87. The van der Waals surface area contributed by atoms with E-state index in [9.17, 15) is 4.79 Å². The summed E-state index contributed by atoms with van der Waals surface area (Å²) in [6.45, 7) is 4.80. The molecule has 32 heavy (non-hydrogen) atoms. The lowest BCUT2D eigenvalue weighted by Gasteiger charge is -2.18. The van der Waals surface area contributed by atoms with E-state index in [1.165, 1.54) is 17.3 Å². The van der Waals surface area contributed by atoms with Gasteiger partial charge in [0.25, 0.3) is 0 Å². The molecule has 2 N–H and O–H groups in total. The lowest BCUT2D eigenvalue weighted by molar-refractivity contribution is -0.119. The fourth-order valence-corrected chi connectivity index (χ4v) is 4.72. The summed E-state index contributed by atoms with van der Waals surface area (Å²) in [7, 11) is 3.96. The van der Waals surface area contributed by atoms with Gasteiger partial charge in [-0.25, -0.2) is 9.97 Å². The van der Waals surface area contributed by atoms with Crippen molar-refractivity contribution < 1.29 is 4.79 Å². The molecule has 0 bridgehead atoms. The quantitative estimate of drug-likeness (QED) is 0.609. The van der Waals surface area contributed by atoms with E-state index < -0.39 is 0 Å². The molecule has 1 aromatic carbocycles. The number of rotatable bonds is 6. The maximum Gasteiger partial charge on any atom is 0.227 e. The zero-order valence-corrected chi connectivity index (χ0v) is 19.9. The Balaban J connectivity index is 1.49. The van der Waals surface area contributed by atoms with Gasteiger partial charge in [0.2, 0.25) is 5.91 Å². The minimum Gasteiger partial charge on any atom is -0.362 e. The van der Waals surface area contributed by atoms with Gasteiger partial charge in [0, 0.05) is 36.2 Å². The smallest absolute Gasteiger partial charge is 0.227 e. The number of carbonyl (C=O) groups excluding carboxylic acids is 1. The number of hydrogen-bond donors (Lipinski definition) is 2. The fourth-order valence-electron chi connectivity index (χ4n) is 3.96. The van der Waals surface area contributed by atoms with Crippen LogP contribution in [-0.4, -0.2) is 42.4 Å². The van der Waals surface area contributed by atoms with Crippen LogP contribution in [0, 0.1) is 12.8 Å². The van der Waals surface area contributed by atoms with Crippen LogP contribution in [0.3, 0.4) is 0 Å². The van der Waals surface area contributed by atoms with Crippen molar-refractivity contribution in [1.29, 1.82) is 0 Å². The average Bonchev–Trinajstić information content (AvgIpc) is 3.43. The zero-order chi connectivity index (χ0) is 22.7. The minimum absolute atomic E-state index is 0.134. The largest absolute Gasteiger partial charge is 0.362 e. The maximum absolute atomic E-state index is 12.4. The fraction of sp³-hybridized carbons (Fsp3) is 0.417. The predicted molar refractivity (Wildman–Crippen MR) is 132 cm³/mol. The minimum atomic E-state index is 0.134. The average molecular weight is 451 g/mol. The third kappa shape index (κ3) is 5.30. The number of benzene rings is 1. The molecule has 1 saturated carbocycles. The van der Waals surface area contributed by atoms with Gasteiger partial charge in [-0.2, -0.15) is 0 Å². The van der Waals surface area contributed by atoms with E-state index in [0.29, 0.717) is 5.16 Å². The second-order valence-electron chi connectivity index (χ2n) is 8.61. The van der Waals surface area contributed by atoms with Crippen molar-refractivity contribution >= 4 is 40.8 Å². The normalized spacial score (nSPS) is 16.0. The Labute approximate surface area is 193 Å². The van der Waals surface area contributed by atoms with Crippen LogP contribution in [0.25, 0.3) is 0 Å². The second kappa shape index (κ2) is 9.73. The van der Waals surface area contributed by atoms with Crippen molar-refractivity contribution in [2.24, 2.45) is 10.9 Å². The van der Waals surface area contributed by atoms with Crippen LogP contribution in [0.15, 0.2) is 51.0 Å². The number of anilines is 3. The van der Waals surface area contributed by atoms with Gasteiger partial charge < -0.3 is 15.5 Å². The van der Waals surface area contributed by atoms with E-state index in [1.54, 1.807) is 0 Å². The van der Waals surface area contributed by atoms with Crippen LogP contribution in [0.1, 0.15) is 38.2 Å². The van der Waals surface area contributed by atoms with Crippen LogP contribution < -0.4 is 15.5 Å². The van der Waals surface area contributed by atoms with E-state index in [4.69, 9.17) is 9.97 Å². The van der Waals surface area contributed by atoms with E-state index in [2.05, 4.69) is 22.5 Å². The summed E-state index contributed by atoms with van der Waals surface area (Å²) in [5.74, 6) is 2.74. The Kier molecular flexibility index (Phi) is 6.79. The molecule has 1 aliphatic carbocycles. The SMILES string of the molecule is CC1=CC(Nc2nc(Sc3ccc(NC(=O)C4CCCC4)cc3)nc(N(C)C)c2C)=NC1. The van der Waals surface area contributed by atoms with Crippen molar-refractivity contribution in [3.63, 3.8) is 0 Å². The Morgan fingerprint density at radius 3 is 2.44 bits per heavy atom. The van der Waals surface area contributed by atoms with Crippen molar-refractivity contribution in [1.82, 2.24) is 9.97 Å². The molecule has 1 amide bonds. The molecular weight excluding hydrogens is 420 g/mol. The van der Waals surface area contributed by atoms with Crippen molar-refractivity contribution in [2.45, 2.75) is 49.6 Å². The molecular formula is C24H30N6OS. The zero-order valence-electron chi connectivity index (χ0n) is 19.1. The second-order valence-corrected chi connectivity index (χ2v) is 9.65. The Morgan fingerprint density at radius 1 is 1.09 bits per heavy atom. The van der Waals surface area contributed by atoms with E-state index >= 15 is 0 Å². The first kappa shape index (κ1) is 22.3. The molecule has 4 rings (SSSR count). The van der Waals surface area contributed by atoms with Gasteiger partial charge in [-0.3, -0.25) is 9.79 Å². The van der Waals surface area contributed by atoms with Gasteiger partial charge in [-0.1, -0.05) is 12.8 Å².